The summed E-state index contributed by atoms with van der Waals surface area (Å²) in [5, 5.41) is 13.8. The summed E-state index contributed by atoms with van der Waals surface area (Å²) in [7, 11) is 1.56. The van der Waals surface area contributed by atoms with Gasteiger partial charge in [0, 0.05) is 23.5 Å². The van der Waals surface area contributed by atoms with Gasteiger partial charge in [0.05, 0.1) is 43.7 Å². The highest BCUT2D eigenvalue weighted by atomic mass is 79.9. The monoisotopic (exact) mass is 765 g/mol. The first-order chi connectivity index (χ1) is 24.6. The molecule has 1 unspecified atom stereocenters. The molecule has 0 aliphatic carbocycles. The number of benzene rings is 2. The number of methoxy groups -OCH3 is 1. The molecular formula is C39H48BrN3O8. The molecule has 9 atom stereocenters. The normalized spacial score (nSPS) is 26.5. The molecule has 51 heavy (non-hydrogen) atoms. The Bertz CT molecular complexity index is 1590. The molecule has 0 radical (unpaired) electrons. The van der Waals surface area contributed by atoms with E-state index in [9.17, 15) is 24.3 Å². The summed E-state index contributed by atoms with van der Waals surface area (Å²) >= 11 is 3.75. The molecule has 3 aliphatic heterocycles. The average Bonchev–Trinajstić information content (AvgIpc) is 3.74. The number of nitrogens with zero attached hydrogens (tertiary/aromatic N) is 2. The molecule has 5 rings (SSSR count). The molecule has 11 nitrogen and oxygen atoms in total. The van der Waals surface area contributed by atoms with Crippen LogP contribution in [0.2, 0.25) is 0 Å². The summed E-state index contributed by atoms with van der Waals surface area (Å²) in [6, 6.07) is 13.6. The lowest BCUT2D eigenvalue weighted by molar-refractivity contribution is -0.147. The molecule has 3 amide bonds. The van der Waals surface area contributed by atoms with Gasteiger partial charge in [0.2, 0.25) is 11.8 Å². The number of esters is 1. The van der Waals surface area contributed by atoms with E-state index in [2.05, 4.69) is 34.4 Å². The zero-order chi connectivity index (χ0) is 36.9. The van der Waals surface area contributed by atoms with E-state index in [0.717, 1.165) is 5.56 Å². The van der Waals surface area contributed by atoms with Gasteiger partial charge in [-0.15, -0.1) is 13.2 Å². The summed E-state index contributed by atoms with van der Waals surface area (Å²) in [4.78, 5) is 59.5. The van der Waals surface area contributed by atoms with E-state index in [0.29, 0.717) is 30.7 Å². The van der Waals surface area contributed by atoms with Crippen LogP contribution in [0.4, 0.5) is 5.69 Å². The number of carbonyl (C=O) groups excluding carboxylic acids is 4. The van der Waals surface area contributed by atoms with Gasteiger partial charge in [-0.1, -0.05) is 78.7 Å². The third-order valence-electron chi connectivity index (χ3n) is 10.6. The average molecular weight is 767 g/mol. The number of nitrogens with one attached hydrogen (secondary N) is 1. The third-order valence-corrected chi connectivity index (χ3v) is 11.4. The smallest absolute Gasteiger partial charge is 0.306 e. The van der Waals surface area contributed by atoms with E-state index < -0.39 is 65.4 Å². The Balaban J connectivity index is 1.53. The van der Waals surface area contributed by atoms with Crippen LogP contribution < -0.4 is 15.0 Å². The fraction of sp³-hybridized carbons (Fsp3) is 0.487. The van der Waals surface area contributed by atoms with Gasteiger partial charge in [-0.2, -0.15) is 0 Å². The highest BCUT2D eigenvalue weighted by molar-refractivity contribution is 9.09. The summed E-state index contributed by atoms with van der Waals surface area (Å²) in [6.07, 6.45) is 4.10. The minimum Gasteiger partial charge on any atom is -0.497 e. The van der Waals surface area contributed by atoms with Gasteiger partial charge in [0.15, 0.2) is 0 Å². The number of amides is 3. The van der Waals surface area contributed by atoms with Crippen LogP contribution in [-0.2, 0) is 28.7 Å². The van der Waals surface area contributed by atoms with Crippen molar-refractivity contribution in [1.82, 2.24) is 10.2 Å². The number of halogens is 1. The number of rotatable bonds is 17. The third kappa shape index (κ3) is 7.36. The van der Waals surface area contributed by atoms with Crippen molar-refractivity contribution < 1.29 is 38.5 Å². The molecule has 274 valence electrons. The number of fused-ring (bicyclic) bond motifs is 1. The molecule has 3 fully saturated rings. The quantitative estimate of drug-likeness (QED) is 0.134. The van der Waals surface area contributed by atoms with Crippen molar-refractivity contribution in [3.05, 3.63) is 85.5 Å². The van der Waals surface area contributed by atoms with E-state index in [1.54, 1.807) is 48.4 Å². The number of anilines is 1. The van der Waals surface area contributed by atoms with Gasteiger partial charge < -0.3 is 34.4 Å². The standard InChI is InChI=1S/C39H48BrN3O8/c1-6-9-15-31(45)50-23-29(25-13-11-10-12-14-25)41-36(46)32-33-37(47)43(30(22-44)24(4)8-3)35(39(33)21-28(40)34(32)51-39)38(48)42(20-7-2)26-16-18-27(49-5)19-17-26/h6-7,10-14,16-19,24,28-30,32-35,44H,1-2,8-9,15,20-23H2,3-5H3,(H,41,46)/t24-,28?,29+,30-,32-,33+,34-,35-,39+/m0/s1. The molecular weight excluding hydrogens is 718 g/mol. The van der Waals surface area contributed by atoms with Crippen LogP contribution in [0.25, 0.3) is 0 Å². The number of carbonyl (C=O) groups is 4. The van der Waals surface area contributed by atoms with Crippen LogP contribution >= 0.6 is 15.9 Å². The predicted molar refractivity (Wildman–Crippen MR) is 196 cm³/mol. The minimum atomic E-state index is -1.36. The van der Waals surface area contributed by atoms with Crippen molar-refractivity contribution in [2.45, 2.75) is 74.2 Å². The minimum absolute atomic E-state index is 0.113. The Morgan fingerprint density at radius 2 is 1.86 bits per heavy atom. The zero-order valence-electron chi connectivity index (χ0n) is 29.4. The zero-order valence-corrected chi connectivity index (χ0v) is 31.0. The molecule has 3 aliphatic rings. The molecule has 1 spiro atoms. The van der Waals surface area contributed by atoms with Crippen molar-refractivity contribution in [3.63, 3.8) is 0 Å². The number of hydrogen-bond donors (Lipinski definition) is 2. The molecule has 0 saturated carbocycles. The lowest BCUT2D eigenvalue weighted by Gasteiger charge is -2.41. The number of allylic oxidation sites excluding steroid dienone is 1. The van der Waals surface area contributed by atoms with Gasteiger partial charge in [-0.25, -0.2) is 0 Å². The second kappa shape index (κ2) is 16.6. The molecule has 3 heterocycles. The van der Waals surface area contributed by atoms with Crippen LogP contribution in [0.15, 0.2) is 79.9 Å². The van der Waals surface area contributed by atoms with Crippen LogP contribution in [-0.4, -0.2) is 89.2 Å². The second-order valence-electron chi connectivity index (χ2n) is 13.5. The topological polar surface area (TPSA) is 135 Å². The highest BCUT2D eigenvalue weighted by Crippen LogP contribution is 2.61. The lowest BCUT2D eigenvalue weighted by atomic mass is 9.70. The molecule has 2 aromatic carbocycles. The van der Waals surface area contributed by atoms with E-state index in [4.69, 9.17) is 14.2 Å². The first kappa shape index (κ1) is 38.2. The number of aliphatic hydroxyl groups is 1. The van der Waals surface area contributed by atoms with Crippen LogP contribution in [0.1, 0.15) is 51.1 Å². The maximum absolute atomic E-state index is 15.0. The Kier molecular flexibility index (Phi) is 12.4. The highest BCUT2D eigenvalue weighted by Gasteiger charge is 2.77. The van der Waals surface area contributed by atoms with Crippen molar-refractivity contribution in [1.29, 1.82) is 0 Å². The van der Waals surface area contributed by atoms with E-state index >= 15 is 0 Å². The number of alkyl halides is 1. The van der Waals surface area contributed by atoms with E-state index in [1.807, 2.05) is 44.2 Å². The summed E-state index contributed by atoms with van der Waals surface area (Å²) < 4.78 is 17.7. The summed E-state index contributed by atoms with van der Waals surface area (Å²) in [6.45, 7) is 11.1. The Morgan fingerprint density at radius 3 is 2.47 bits per heavy atom. The summed E-state index contributed by atoms with van der Waals surface area (Å²) in [5.74, 6) is -3.19. The first-order valence-corrected chi connectivity index (χ1v) is 18.4. The van der Waals surface area contributed by atoms with Crippen LogP contribution in [0, 0.1) is 17.8 Å². The fourth-order valence-electron chi connectivity index (χ4n) is 7.82. The number of aliphatic hydroxyl groups excluding tert-OH is 1. The van der Waals surface area contributed by atoms with Gasteiger partial charge in [0.1, 0.15) is 24.0 Å². The molecule has 0 aromatic heterocycles. The fourth-order valence-corrected chi connectivity index (χ4v) is 8.77. The number of ether oxygens (including phenoxy) is 3. The second-order valence-corrected chi connectivity index (χ2v) is 14.6. The van der Waals surface area contributed by atoms with Crippen LogP contribution in [0.5, 0.6) is 5.75 Å². The van der Waals surface area contributed by atoms with Gasteiger partial charge in [0.25, 0.3) is 5.91 Å². The van der Waals surface area contributed by atoms with Crippen LogP contribution in [0.3, 0.4) is 0 Å². The molecule has 3 saturated heterocycles. The maximum atomic E-state index is 15.0. The molecule has 2 bridgehead atoms. The SMILES string of the molecule is C=CCCC(=O)OC[C@@H](NC(=O)[C@@H]1[C@H]2O[C@@]3(CC2Br)[C@H](C(=O)N(CC=C)c2ccc(OC)cc2)N([C@@H](CO)[C@@H](C)CC)C(=O)[C@@H]13)c1ccccc1. The number of hydrogen-bond acceptors (Lipinski definition) is 8. The summed E-state index contributed by atoms with van der Waals surface area (Å²) in [5.41, 5.74) is -0.0653. The van der Waals surface area contributed by atoms with E-state index in [1.165, 1.54) is 4.90 Å². The molecule has 12 heteroatoms. The van der Waals surface area contributed by atoms with Gasteiger partial charge in [-0.3, -0.25) is 19.2 Å². The lowest BCUT2D eigenvalue weighted by Crippen LogP contribution is -2.60. The van der Waals surface area contributed by atoms with Crippen molar-refractivity contribution >= 4 is 45.3 Å². The maximum Gasteiger partial charge on any atom is 0.306 e. The Labute approximate surface area is 308 Å². The van der Waals surface area contributed by atoms with Crippen molar-refractivity contribution in [2.75, 3.05) is 31.8 Å². The largest absolute Gasteiger partial charge is 0.497 e. The van der Waals surface area contributed by atoms with Gasteiger partial charge in [-0.05, 0) is 48.6 Å². The predicted octanol–water partition coefficient (Wildman–Crippen LogP) is 4.74. The molecule has 2 N–H and O–H groups in total. The van der Waals surface area contributed by atoms with Gasteiger partial charge >= 0.3 is 5.97 Å². The number of likely N-dealkylation sites (tertiary alicyclic amines) is 1. The van der Waals surface area contributed by atoms with Crippen molar-refractivity contribution in [2.24, 2.45) is 17.8 Å². The van der Waals surface area contributed by atoms with Crippen molar-refractivity contribution in [3.8, 4) is 5.75 Å². The Morgan fingerprint density at radius 1 is 1.16 bits per heavy atom. The Hall–Kier alpha value is -4.00. The van der Waals surface area contributed by atoms with E-state index in [-0.39, 0.29) is 36.9 Å². The molecule has 2 aromatic rings. The first-order valence-electron chi connectivity index (χ1n) is 17.5.